The predicted octanol–water partition coefficient (Wildman–Crippen LogP) is 2.04. The molecule has 3 unspecified atom stereocenters. The lowest BCUT2D eigenvalue weighted by Gasteiger charge is -2.24. The zero-order chi connectivity index (χ0) is 13.9. The fourth-order valence-electron chi connectivity index (χ4n) is 3.44. The maximum absolute atomic E-state index is 12.3. The summed E-state index contributed by atoms with van der Waals surface area (Å²) in [5.41, 5.74) is 1.65. The largest absolute Gasteiger partial charge is 0.392 e. The molecule has 2 fully saturated rings. The molecule has 1 aromatic rings. The van der Waals surface area contributed by atoms with E-state index in [4.69, 9.17) is 5.11 Å². The Morgan fingerprint density at radius 3 is 2.70 bits per heavy atom. The van der Waals surface area contributed by atoms with Crippen molar-refractivity contribution in [2.75, 3.05) is 5.32 Å². The number of nitrogens with one attached hydrogen (secondary N) is 2. The van der Waals surface area contributed by atoms with Gasteiger partial charge in [0.05, 0.1) is 12.6 Å². The predicted molar refractivity (Wildman–Crippen MR) is 78.3 cm³/mol. The number of carbonyl (C=O) groups is 1. The number of carbonyl (C=O) groups excluding carboxylic acids is 1. The van der Waals surface area contributed by atoms with Gasteiger partial charge in [0.25, 0.3) is 0 Å². The molecule has 3 rings (SSSR count). The minimum atomic E-state index is -0.0550. The lowest BCUT2D eigenvalue weighted by molar-refractivity contribution is -0.117. The second-order valence-electron chi connectivity index (χ2n) is 5.95. The summed E-state index contributed by atoms with van der Waals surface area (Å²) in [6.07, 6.45) is 6.02. The van der Waals surface area contributed by atoms with E-state index in [9.17, 15) is 4.79 Å². The molecule has 1 saturated carbocycles. The van der Waals surface area contributed by atoms with Crippen LogP contribution in [0.25, 0.3) is 0 Å². The number of aliphatic hydroxyl groups excluding tert-OH is 1. The standard InChI is InChI=1S/C16H22N2O2/c19-10-11-5-7-13(8-6-11)17-16(20)15-9-12-3-1-2-4-14(12)18-15/h5-8,12,14-15,18-19H,1-4,9-10H2,(H,17,20). The highest BCUT2D eigenvalue weighted by Gasteiger charge is 2.38. The summed E-state index contributed by atoms with van der Waals surface area (Å²) in [6.45, 7) is 0.0295. The van der Waals surface area contributed by atoms with Crippen LogP contribution in [0.15, 0.2) is 24.3 Å². The molecule has 4 nitrogen and oxygen atoms in total. The first-order valence-electron chi connectivity index (χ1n) is 7.53. The molecule has 20 heavy (non-hydrogen) atoms. The topological polar surface area (TPSA) is 61.4 Å². The van der Waals surface area contributed by atoms with Crippen molar-refractivity contribution >= 4 is 11.6 Å². The third-order valence-electron chi connectivity index (χ3n) is 4.58. The SMILES string of the molecule is O=C(Nc1ccc(CO)cc1)C1CC2CCCCC2N1. The van der Waals surface area contributed by atoms with Crippen LogP contribution in [0.2, 0.25) is 0 Å². The van der Waals surface area contributed by atoms with Gasteiger partial charge in [0.1, 0.15) is 0 Å². The maximum atomic E-state index is 12.3. The van der Waals surface area contributed by atoms with Gasteiger partial charge in [-0.05, 0) is 42.9 Å². The van der Waals surface area contributed by atoms with Gasteiger partial charge in [-0.2, -0.15) is 0 Å². The van der Waals surface area contributed by atoms with Gasteiger partial charge in [-0.3, -0.25) is 4.79 Å². The summed E-state index contributed by atoms with van der Waals surface area (Å²) in [6, 6.07) is 7.82. The first kappa shape index (κ1) is 13.6. The lowest BCUT2D eigenvalue weighted by Crippen LogP contribution is -2.39. The van der Waals surface area contributed by atoms with Crippen molar-refractivity contribution in [2.45, 2.75) is 50.8 Å². The molecule has 1 aliphatic heterocycles. The van der Waals surface area contributed by atoms with E-state index in [0.29, 0.717) is 12.0 Å². The fraction of sp³-hybridized carbons (Fsp3) is 0.562. The molecule has 0 aromatic heterocycles. The van der Waals surface area contributed by atoms with Crippen molar-refractivity contribution in [3.05, 3.63) is 29.8 Å². The molecule has 108 valence electrons. The number of fused-ring (bicyclic) bond motifs is 1. The highest BCUT2D eigenvalue weighted by molar-refractivity contribution is 5.95. The number of hydrogen-bond donors (Lipinski definition) is 3. The van der Waals surface area contributed by atoms with Crippen LogP contribution in [-0.2, 0) is 11.4 Å². The van der Waals surface area contributed by atoms with Crippen LogP contribution < -0.4 is 10.6 Å². The Morgan fingerprint density at radius 2 is 2.00 bits per heavy atom. The van der Waals surface area contributed by atoms with Gasteiger partial charge in [0, 0.05) is 11.7 Å². The Labute approximate surface area is 119 Å². The average Bonchev–Trinajstić information content (AvgIpc) is 2.92. The van der Waals surface area contributed by atoms with Gasteiger partial charge in [-0.15, -0.1) is 0 Å². The highest BCUT2D eigenvalue weighted by Crippen LogP contribution is 2.33. The number of anilines is 1. The van der Waals surface area contributed by atoms with Gasteiger partial charge < -0.3 is 15.7 Å². The van der Waals surface area contributed by atoms with Crippen molar-refractivity contribution in [3.63, 3.8) is 0 Å². The number of aliphatic hydroxyl groups is 1. The van der Waals surface area contributed by atoms with Crippen molar-refractivity contribution in [1.82, 2.24) is 5.32 Å². The van der Waals surface area contributed by atoms with Gasteiger partial charge in [0.15, 0.2) is 0 Å². The molecule has 4 heteroatoms. The summed E-state index contributed by atoms with van der Waals surface area (Å²) in [5.74, 6) is 0.743. The Hall–Kier alpha value is -1.39. The first-order valence-corrected chi connectivity index (χ1v) is 7.53. The molecule has 3 N–H and O–H groups in total. The second-order valence-corrected chi connectivity index (χ2v) is 5.95. The molecule has 1 saturated heterocycles. The monoisotopic (exact) mass is 274 g/mol. The Balaban J connectivity index is 1.59. The van der Waals surface area contributed by atoms with Crippen molar-refractivity contribution in [3.8, 4) is 0 Å². The van der Waals surface area contributed by atoms with Crippen LogP contribution in [0, 0.1) is 5.92 Å². The zero-order valence-electron chi connectivity index (χ0n) is 11.6. The molecule has 0 radical (unpaired) electrons. The number of hydrogen-bond acceptors (Lipinski definition) is 3. The van der Waals surface area contributed by atoms with E-state index in [1.165, 1.54) is 25.7 Å². The third-order valence-corrected chi connectivity index (χ3v) is 4.58. The Kier molecular flexibility index (Phi) is 4.03. The molecule has 1 aliphatic carbocycles. The molecular formula is C16H22N2O2. The molecule has 0 spiro atoms. The molecule has 1 amide bonds. The zero-order valence-corrected chi connectivity index (χ0v) is 11.6. The van der Waals surface area contributed by atoms with Gasteiger partial charge >= 0.3 is 0 Å². The minimum absolute atomic E-state index is 0.0295. The van der Waals surface area contributed by atoms with Crippen LogP contribution >= 0.6 is 0 Å². The van der Waals surface area contributed by atoms with Crippen molar-refractivity contribution in [2.24, 2.45) is 5.92 Å². The van der Waals surface area contributed by atoms with E-state index in [1.807, 2.05) is 24.3 Å². The Morgan fingerprint density at radius 1 is 1.25 bits per heavy atom. The molecule has 1 heterocycles. The van der Waals surface area contributed by atoms with Crippen molar-refractivity contribution in [1.29, 1.82) is 0 Å². The first-order chi connectivity index (χ1) is 9.76. The molecule has 3 atom stereocenters. The van der Waals surface area contributed by atoms with E-state index in [0.717, 1.165) is 17.7 Å². The number of benzene rings is 1. The van der Waals surface area contributed by atoms with Crippen LogP contribution in [0.4, 0.5) is 5.69 Å². The second kappa shape index (κ2) is 5.94. The Bertz CT molecular complexity index is 458. The van der Waals surface area contributed by atoms with E-state index < -0.39 is 0 Å². The number of amides is 1. The van der Waals surface area contributed by atoms with E-state index in [-0.39, 0.29) is 18.6 Å². The number of rotatable bonds is 3. The molecule has 0 bridgehead atoms. The van der Waals surface area contributed by atoms with Gasteiger partial charge in [0.2, 0.25) is 5.91 Å². The van der Waals surface area contributed by atoms with Crippen LogP contribution in [0.3, 0.4) is 0 Å². The quantitative estimate of drug-likeness (QED) is 0.790. The summed E-state index contributed by atoms with van der Waals surface area (Å²) in [4.78, 5) is 12.3. The van der Waals surface area contributed by atoms with Crippen LogP contribution in [-0.4, -0.2) is 23.1 Å². The maximum Gasteiger partial charge on any atom is 0.241 e. The van der Waals surface area contributed by atoms with Gasteiger partial charge in [-0.25, -0.2) is 0 Å². The average molecular weight is 274 g/mol. The lowest BCUT2D eigenvalue weighted by atomic mass is 9.85. The van der Waals surface area contributed by atoms with Crippen LogP contribution in [0.1, 0.15) is 37.7 Å². The smallest absolute Gasteiger partial charge is 0.241 e. The molecule has 2 aliphatic rings. The fourth-order valence-corrected chi connectivity index (χ4v) is 3.44. The minimum Gasteiger partial charge on any atom is -0.392 e. The van der Waals surface area contributed by atoms with Crippen LogP contribution in [0.5, 0.6) is 0 Å². The molecule has 1 aromatic carbocycles. The van der Waals surface area contributed by atoms with E-state index in [1.54, 1.807) is 0 Å². The summed E-state index contributed by atoms with van der Waals surface area (Å²) in [7, 11) is 0. The highest BCUT2D eigenvalue weighted by atomic mass is 16.3. The van der Waals surface area contributed by atoms with Gasteiger partial charge in [-0.1, -0.05) is 25.0 Å². The summed E-state index contributed by atoms with van der Waals surface area (Å²) < 4.78 is 0. The summed E-state index contributed by atoms with van der Waals surface area (Å²) >= 11 is 0. The van der Waals surface area contributed by atoms with E-state index >= 15 is 0 Å². The summed E-state index contributed by atoms with van der Waals surface area (Å²) in [5, 5.41) is 15.4. The van der Waals surface area contributed by atoms with E-state index in [2.05, 4.69) is 10.6 Å². The normalized spacial score (nSPS) is 28.9. The molecular weight excluding hydrogens is 252 g/mol. The van der Waals surface area contributed by atoms with Crippen molar-refractivity contribution < 1.29 is 9.90 Å². The third kappa shape index (κ3) is 2.86.